The highest BCUT2D eigenvalue weighted by Crippen LogP contribution is 2.24. The van der Waals surface area contributed by atoms with Crippen LogP contribution in [0.3, 0.4) is 0 Å². The number of nitrogens with one attached hydrogen (secondary N) is 1. The molecule has 0 saturated heterocycles. The Morgan fingerprint density at radius 3 is 2.79 bits per heavy atom. The number of pyridine rings is 1. The predicted molar refractivity (Wildman–Crippen MR) is 73.0 cm³/mol. The second kappa shape index (κ2) is 5.46. The van der Waals surface area contributed by atoms with Crippen LogP contribution < -0.4 is 9.46 Å². The summed E-state index contributed by atoms with van der Waals surface area (Å²) in [6.07, 6.45) is 2.62. The van der Waals surface area contributed by atoms with Crippen molar-refractivity contribution in [1.82, 2.24) is 4.98 Å². The van der Waals surface area contributed by atoms with Crippen molar-refractivity contribution in [3.63, 3.8) is 0 Å². The Balaban J connectivity index is 2.34. The average Bonchev–Trinajstić information content (AvgIpc) is 2.38. The topological polar surface area (TPSA) is 68.3 Å². The van der Waals surface area contributed by atoms with Gasteiger partial charge in [-0.3, -0.25) is 9.71 Å². The number of hydrogen-bond acceptors (Lipinski definition) is 4. The molecular weight excluding hydrogens is 288 g/mol. The third-order valence-electron chi connectivity index (χ3n) is 2.35. The summed E-state index contributed by atoms with van der Waals surface area (Å²) < 4.78 is 31.7. The lowest BCUT2D eigenvalue weighted by atomic mass is 10.3. The third-order valence-corrected chi connectivity index (χ3v) is 4.20. The van der Waals surface area contributed by atoms with E-state index in [2.05, 4.69) is 9.71 Å². The molecule has 0 aliphatic rings. The minimum Gasteiger partial charge on any atom is -0.497 e. The van der Waals surface area contributed by atoms with E-state index in [0.29, 0.717) is 11.4 Å². The normalized spacial score (nSPS) is 11.1. The summed E-state index contributed by atoms with van der Waals surface area (Å²) in [5, 5.41) is 0.116. The lowest BCUT2D eigenvalue weighted by Gasteiger charge is -2.09. The van der Waals surface area contributed by atoms with Gasteiger partial charge in [0, 0.05) is 18.5 Å². The van der Waals surface area contributed by atoms with E-state index in [1.165, 1.54) is 25.6 Å². The number of benzene rings is 1. The number of nitrogens with zero attached hydrogens (tertiary/aromatic N) is 1. The molecule has 0 atom stereocenters. The van der Waals surface area contributed by atoms with Crippen molar-refractivity contribution in [2.75, 3.05) is 11.8 Å². The quantitative estimate of drug-likeness (QED) is 0.942. The van der Waals surface area contributed by atoms with E-state index in [9.17, 15) is 8.42 Å². The Morgan fingerprint density at radius 1 is 1.32 bits per heavy atom. The van der Waals surface area contributed by atoms with E-state index in [1.54, 1.807) is 24.3 Å². The Bertz CT molecular complexity index is 689. The summed E-state index contributed by atoms with van der Waals surface area (Å²) >= 11 is 5.85. The summed E-state index contributed by atoms with van der Waals surface area (Å²) in [5.74, 6) is 0.553. The fourth-order valence-corrected chi connectivity index (χ4v) is 2.94. The van der Waals surface area contributed by atoms with Crippen molar-refractivity contribution in [3.8, 4) is 5.75 Å². The van der Waals surface area contributed by atoms with Gasteiger partial charge in [0.1, 0.15) is 10.6 Å². The molecule has 2 rings (SSSR count). The van der Waals surface area contributed by atoms with Crippen LogP contribution in [0.2, 0.25) is 5.02 Å². The molecule has 0 radical (unpaired) electrons. The zero-order valence-electron chi connectivity index (χ0n) is 10.00. The largest absolute Gasteiger partial charge is 0.497 e. The van der Waals surface area contributed by atoms with E-state index in [-0.39, 0.29) is 9.92 Å². The Kier molecular flexibility index (Phi) is 3.92. The van der Waals surface area contributed by atoms with Crippen molar-refractivity contribution < 1.29 is 13.2 Å². The van der Waals surface area contributed by atoms with Gasteiger partial charge in [-0.2, -0.15) is 0 Å². The summed E-state index contributed by atoms with van der Waals surface area (Å²) in [5.41, 5.74) is 0.388. The summed E-state index contributed by atoms with van der Waals surface area (Å²) in [4.78, 5) is 3.69. The zero-order chi connectivity index (χ0) is 13.9. The van der Waals surface area contributed by atoms with Crippen LogP contribution >= 0.6 is 11.6 Å². The summed E-state index contributed by atoms with van der Waals surface area (Å²) in [7, 11) is -2.26. The van der Waals surface area contributed by atoms with Crippen LogP contribution in [0.15, 0.2) is 47.6 Å². The van der Waals surface area contributed by atoms with Crippen LogP contribution in [-0.4, -0.2) is 20.5 Å². The van der Waals surface area contributed by atoms with Gasteiger partial charge in [0.05, 0.1) is 17.8 Å². The molecule has 0 unspecified atom stereocenters. The Labute approximate surface area is 116 Å². The molecule has 0 amide bonds. The molecule has 5 nitrogen and oxygen atoms in total. The second-order valence-corrected chi connectivity index (χ2v) is 5.70. The fourth-order valence-electron chi connectivity index (χ4n) is 1.46. The number of ether oxygens (including phenoxy) is 1. The number of rotatable bonds is 4. The molecule has 0 spiro atoms. The van der Waals surface area contributed by atoms with Gasteiger partial charge >= 0.3 is 0 Å². The fraction of sp³-hybridized carbons (Fsp3) is 0.0833. The monoisotopic (exact) mass is 298 g/mol. The van der Waals surface area contributed by atoms with Crippen LogP contribution in [0.5, 0.6) is 5.75 Å². The molecule has 100 valence electrons. The van der Waals surface area contributed by atoms with E-state index >= 15 is 0 Å². The van der Waals surface area contributed by atoms with Gasteiger partial charge in [0.25, 0.3) is 10.0 Å². The number of aromatic nitrogens is 1. The first-order valence-electron chi connectivity index (χ1n) is 5.29. The number of sulfonamides is 1. The molecule has 7 heteroatoms. The number of methoxy groups -OCH3 is 1. The van der Waals surface area contributed by atoms with E-state index in [4.69, 9.17) is 16.3 Å². The van der Waals surface area contributed by atoms with Gasteiger partial charge in [-0.1, -0.05) is 17.7 Å². The molecule has 0 saturated carbocycles. The van der Waals surface area contributed by atoms with Crippen molar-refractivity contribution in [2.24, 2.45) is 0 Å². The minimum atomic E-state index is -3.77. The molecule has 1 aromatic heterocycles. The first-order chi connectivity index (χ1) is 9.03. The molecule has 0 aliphatic heterocycles. The highest BCUT2D eigenvalue weighted by molar-refractivity contribution is 7.92. The van der Waals surface area contributed by atoms with Crippen LogP contribution in [0, 0.1) is 0 Å². The van der Waals surface area contributed by atoms with Crippen LogP contribution in [0.4, 0.5) is 5.69 Å². The third kappa shape index (κ3) is 3.15. The molecule has 0 aliphatic carbocycles. The smallest absolute Gasteiger partial charge is 0.264 e. The van der Waals surface area contributed by atoms with Crippen molar-refractivity contribution in [2.45, 2.75) is 4.90 Å². The van der Waals surface area contributed by atoms with E-state index in [0.717, 1.165) is 0 Å². The van der Waals surface area contributed by atoms with E-state index < -0.39 is 10.0 Å². The van der Waals surface area contributed by atoms with Gasteiger partial charge in [-0.15, -0.1) is 0 Å². The Morgan fingerprint density at radius 2 is 2.11 bits per heavy atom. The lowest BCUT2D eigenvalue weighted by Crippen LogP contribution is -2.13. The average molecular weight is 299 g/mol. The van der Waals surface area contributed by atoms with Crippen molar-refractivity contribution >= 4 is 27.3 Å². The maximum atomic E-state index is 12.1. The van der Waals surface area contributed by atoms with Crippen molar-refractivity contribution in [1.29, 1.82) is 0 Å². The SMILES string of the molecule is COc1cccc(NS(=O)(=O)c2cnccc2Cl)c1. The summed E-state index contributed by atoms with van der Waals surface area (Å²) in [6.45, 7) is 0. The molecule has 1 N–H and O–H groups in total. The summed E-state index contributed by atoms with van der Waals surface area (Å²) in [6, 6.07) is 8.00. The van der Waals surface area contributed by atoms with Gasteiger partial charge in [-0.05, 0) is 18.2 Å². The molecule has 19 heavy (non-hydrogen) atoms. The number of halogens is 1. The highest BCUT2D eigenvalue weighted by atomic mass is 35.5. The van der Waals surface area contributed by atoms with Gasteiger partial charge < -0.3 is 4.74 Å². The molecular formula is C12H11ClN2O3S. The molecule has 1 heterocycles. The number of hydrogen-bond donors (Lipinski definition) is 1. The lowest BCUT2D eigenvalue weighted by molar-refractivity contribution is 0.415. The molecule has 1 aromatic carbocycles. The maximum Gasteiger partial charge on any atom is 0.264 e. The maximum absolute atomic E-state index is 12.1. The van der Waals surface area contributed by atoms with Gasteiger partial charge in [0.15, 0.2) is 0 Å². The predicted octanol–water partition coefficient (Wildman–Crippen LogP) is 2.54. The minimum absolute atomic E-state index is 0.0699. The molecule has 0 fully saturated rings. The Hall–Kier alpha value is -1.79. The highest BCUT2D eigenvalue weighted by Gasteiger charge is 2.18. The van der Waals surface area contributed by atoms with Crippen molar-refractivity contribution in [3.05, 3.63) is 47.7 Å². The first-order valence-corrected chi connectivity index (χ1v) is 7.15. The van der Waals surface area contributed by atoms with Crippen LogP contribution in [-0.2, 0) is 10.0 Å². The van der Waals surface area contributed by atoms with Gasteiger partial charge in [-0.25, -0.2) is 8.42 Å². The molecule has 2 aromatic rings. The van der Waals surface area contributed by atoms with Crippen LogP contribution in [0.25, 0.3) is 0 Å². The second-order valence-electron chi connectivity index (χ2n) is 3.64. The van der Waals surface area contributed by atoms with Gasteiger partial charge in [0.2, 0.25) is 0 Å². The standard InChI is InChI=1S/C12H11ClN2O3S/c1-18-10-4-2-3-9(7-10)15-19(16,17)12-8-14-6-5-11(12)13/h2-8,15H,1H3. The number of anilines is 1. The van der Waals surface area contributed by atoms with E-state index in [1.807, 2.05) is 0 Å². The van der Waals surface area contributed by atoms with Crippen LogP contribution in [0.1, 0.15) is 0 Å². The molecule has 0 bridgehead atoms. The first kappa shape index (κ1) is 13.6. The zero-order valence-corrected chi connectivity index (χ0v) is 11.6.